The first-order valence-electron chi connectivity index (χ1n) is 12.1. The standard InChI is InChI=1S/C25H28F3N5O3/c26-25(27,28)36-17-1-2-19(20(29)14-17)24(34)33-9-4-16(5-10-33)18-3-8-30-23-22(18)31-21(32-23)13-15-6-11-35-12-7-15/h1-3,8,14-16H,4-7,9-13,29H2,(H,30,31,32). The molecular formula is C25H28F3N5O3. The third kappa shape index (κ3) is 5.40. The van der Waals surface area contributed by atoms with Crippen molar-refractivity contribution in [3.8, 4) is 5.75 Å². The second-order valence-electron chi connectivity index (χ2n) is 9.41. The maximum absolute atomic E-state index is 13.0. The van der Waals surface area contributed by atoms with E-state index in [1.165, 1.54) is 6.07 Å². The summed E-state index contributed by atoms with van der Waals surface area (Å²) in [5, 5.41) is 0. The van der Waals surface area contributed by atoms with E-state index >= 15 is 0 Å². The molecule has 3 N–H and O–H groups in total. The van der Waals surface area contributed by atoms with Crippen LogP contribution >= 0.6 is 0 Å². The van der Waals surface area contributed by atoms with Crippen LogP contribution in [0.25, 0.3) is 11.2 Å². The number of pyridine rings is 1. The molecule has 0 aliphatic carbocycles. The van der Waals surface area contributed by atoms with Crippen molar-refractivity contribution >= 4 is 22.8 Å². The van der Waals surface area contributed by atoms with E-state index in [0.717, 1.165) is 74.4 Å². The van der Waals surface area contributed by atoms with Crippen molar-refractivity contribution in [2.75, 3.05) is 32.0 Å². The number of nitrogens with two attached hydrogens (primary N) is 1. The number of piperidine rings is 1. The van der Waals surface area contributed by atoms with Gasteiger partial charge in [-0.1, -0.05) is 0 Å². The van der Waals surface area contributed by atoms with E-state index in [1.54, 1.807) is 11.1 Å². The Labute approximate surface area is 206 Å². The van der Waals surface area contributed by atoms with Gasteiger partial charge in [0, 0.05) is 50.7 Å². The van der Waals surface area contributed by atoms with E-state index in [1.807, 2.05) is 6.07 Å². The number of halogens is 3. The molecule has 2 aromatic heterocycles. The molecule has 2 aliphatic rings. The van der Waals surface area contributed by atoms with Gasteiger partial charge in [0.25, 0.3) is 5.91 Å². The van der Waals surface area contributed by atoms with Crippen LogP contribution in [0.3, 0.4) is 0 Å². The Balaban J connectivity index is 1.25. The highest BCUT2D eigenvalue weighted by Gasteiger charge is 2.32. The summed E-state index contributed by atoms with van der Waals surface area (Å²) in [6, 6.07) is 5.42. The minimum absolute atomic E-state index is 0.0470. The second-order valence-corrected chi connectivity index (χ2v) is 9.41. The molecule has 5 rings (SSSR count). The third-order valence-corrected chi connectivity index (χ3v) is 7.01. The van der Waals surface area contributed by atoms with Crippen LogP contribution in [0, 0.1) is 5.92 Å². The number of aromatic nitrogens is 3. The SMILES string of the molecule is Nc1cc(OC(F)(F)F)ccc1C(=O)N1CCC(c2ccnc3nc(CC4CCOCC4)[nH]c23)CC1. The number of imidazole rings is 1. The molecule has 0 atom stereocenters. The number of benzene rings is 1. The van der Waals surface area contributed by atoms with Crippen LogP contribution in [0.5, 0.6) is 5.75 Å². The quantitative estimate of drug-likeness (QED) is 0.499. The van der Waals surface area contributed by atoms with Gasteiger partial charge in [0.05, 0.1) is 11.1 Å². The van der Waals surface area contributed by atoms with Crippen molar-refractivity contribution in [2.45, 2.75) is 44.4 Å². The highest BCUT2D eigenvalue weighted by molar-refractivity contribution is 5.99. The van der Waals surface area contributed by atoms with Crippen LogP contribution in [0.1, 0.15) is 53.3 Å². The topological polar surface area (TPSA) is 106 Å². The maximum atomic E-state index is 13.0. The van der Waals surface area contributed by atoms with Gasteiger partial charge in [-0.25, -0.2) is 9.97 Å². The average Bonchev–Trinajstić information content (AvgIpc) is 3.26. The number of hydrogen-bond donors (Lipinski definition) is 2. The van der Waals surface area contributed by atoms with E-state index < -0.39 is 12.1 Å². The number of carbonyl (C=O) groups excluding carboxylic acids is 1. The summed E-state index contributed by atoms with van der Waals surface area (Å²) >= 11 is 0. The molecular weight excluding hydrogens is 475 g/mol. The Morgan fingerprint density at radius 1 is 1.17 bits per heavy atom. The monoisotopic (exact) mass is 503 g/mol. The van der Waals surface area contributed by atoms with Crippen molar-refractivity contribution in [2.24, 2.45) is 5.92 Å². The van der Waals surface area contributed by atoms with Crippen LogP contribution in [-0.2, 0) is 11.2 Å². The van der Waals surface area contributed by atoms with Crippen molar-refractivity contribution in [3.63, 3.8) is 0 Å². The number of nitrogens with zero attached hydrogens (tertiary/aromatic N) is 3. The lowest BCUT2D eigenvalue weighted by molar-refractivity contribution is -0.274. The van der Waals surface area contributed by atoms with E-state index in [4.69, 9.17) is 15.5 Å². The maximum Gasteiger partial charge on any atom is 0.573 e. The highest BCUT2D eigenvalue weighted by Crippen LogP contribution is 2.33. The number of alkyl halides is 3. The smallest absolute Gasteiger partial charge is 0.406 e. The number of amides is 1. The first-order valence-corrected chi connectivity index (χ1v) is 12.1. The third-order valence-electron chi connectivity index (χ3n) is 7.01. The van der Waals surface area contributed by atoms with Crippen molar-refractivity contribution in [1.82, 2.24) is 19.9 Å². The lowest BCUT2D eigenvalue weighted by Crippen LogP contribution is -2.38. The van der Waals surface area contributed by atoms with Gasteiger partial charge in [0.2, 0.25) is 0 Å². The highest BCUT2D eigenvalue weighted by atomic mass is 19.4. The molecule has 1 aromatic carbocycles. The van der Waals surface area contributed by atoms with Crippen molar-refractivity contribution in [1.29, 1.82) is 0 Å². The van der Waals surface area contributed by atoms with Gasteiger partial charge < -0.3 is 25.1 Å². The normalized spacial score (nSPS) is 18.0. The van der Waals surface area contributed by atoms with Crippen LogP contribution in [0.4, 0.5) is 18.9 Å². The Hall–Kier alpha value is -3.34. The van der Waals surface area contributed by atoms with Crippen molar-refractivity contribution in [3.05, 3.63) is 47.4 Å². The fourth-order valence-corrected chi connectivity index (χ4v) is 5.14. The molecule has 2 aliphatic heterocycles. The molecule has 0 bridgehead atoms. The molecule has 192 valence electrons. The van der Waals surface area contributed by atoms with Crippen LogP contribution in [-0.4, -0.2) is 58.4 Å². The number of ether oxygens (including phenoxy) is 2. The fourth-order valence-electron chi connectivity index (χ4n) is 5.14. The summed E-state index contributed by atoms with van der Waals surface area (Å²) in [6.45, 7) is 2.61. The molecule has 3 aromatic rings. The van der Waals surface area contributed by atoms with Crippen LogP contribution < -0.4 is 10.5 Å². The molecule has 0 unspecified atom stereocenters. The number of carbonyl (C=O) groups is 1. The Morgan fingerprint density at radius 3 is 2.61 bits per heavy atom. The van der Waals surface area contributed by atoms with Crippen LogP contribution in [0.15, 0.2) is 30.5 Å². The number of anilines is 1. The number of aromatic amines is 1. The van der Waals surface area contributed by atoms with Crippen molar-refractivity contribution < 1.29 is 27.4 Å². The molecule has 2 saturated heterocycles. The lowest BCUT2D eigenvalue weighted by Gasteiger charge is -2.32. The molecule has 0 saturated carbocycles. The molecule has 11 heteroatoms. The molecule has 8 nitrogen and oxygen atoms in total. The van der Waals surface area contributed by atoms with Gasteiger partial charge in [0.15, 0.2) is 5.65 Å². The zero-order valence-electron chi connectivity index (χ0n) is 19.7. The molecule has 0 spiro atoms. The average molecular weight is 504 g/mol. The minimum atomic E-state index is -4.82. The molecule has 2 fully saturated rings. The number of hydrogen-bond acceptors (Lipinski definition) is 6. The molecule has 4 heterocycles. The van der Waals surface area contributed by atoms with Crippen LogP contribution in [0.2, 0.25) is 0 Å². The predicted molar refractivity (Wildman–Crippen MR) is 127 cm³/mol. The minimum Gasteiger partial charge on any atom is -0.406 e. The molecule has 36 heavy (non-hydrogen) atoms. The number of rotatable bonds is 5. The van der Waals surface area contributed by atoms with E-state index in [0.29, 0.717) is 24.7 Å². The first-order chi connectivity index (χ1) is 17.3. The number of nitrogen functional groups attached to an aromatic ring is 1. The zero-order valence-corrected chi connectivity index (χ0v) is 19.7. The predicted octanol–water partition coefficient (Wildman–Crippen LogP) is 4.43. The molecule has 0 radical (unpaired) electrons. The summed E-state index contributed by atoms with van der Waals surface area (Å²) in [4.78, 5) is 27.4. The van der Waals surface area contributed by atoms with Gasteiger partial charge in [-0.3, -0.25) is 4.79 Å². The Morgan fingerprint density at radius 2 is 1.92 bits per heavy atom. The summed E-state index contributed by atoms with van der Waals surface area (Å²) in [7, 11) is 0. The Kier molecular flexibility index (Phi) is 6.74. The summed E-state index contributed by atoms with van der Waals surface area (Å²) in [5.74, 6) is 0.977. The van der Waals surface area contributed by atoms with Gasteiger partial charge in [-0.15, -0.1) is 13.2 Å². The number of fused-ring (bicyclic) bond motifs is 1. The Bertz CT molecular complexity index is 1230. The summed E-state index contributed by atoms with van der Waals surface area (Å²) < 4.78 is 46.7. The number of H-pyrrole nitrogens is 1. The lowest BCUT2D eigenvalue weighted by atomic mass is 9.89. The summed E-state index contributed by atoms with van der Waals surface area (Å²) in [6.07, 6.45) is 1.39. The second kappa shape index (κ2) is 9.96. The van der Waals surface area contributed by atoms with E-state index in [-0.39, 0.29) is 23.1 Å². The fraction of sp³-hybridized carbons (Fsp3) is 0.480. The summed E-state index contributed by atoms with van der Waals surface area (Å²) in [5.41, 5.74) is 8.81. The largest absolute Gasteiger partial charge is 0.573 e. The van der Waals surface area contributed by atoms with Gasteiger partial charge in [-0.05, 0) is 61.3 Å². The van der Waals surface area contributed by atoms with Gasteiger partial charge in [0.1, 0.15) is 11.6 Å². The van der Waals surface area contributed by atoms with E-state index in [9.17, 15) is 18.0 Å². The number of likely N-dealkylation sites (tertiary alicyclic amines) is 1. The first kappa shape index (κ1) is 24.4. The molecule has 1 amide bonds. The van der Waals surface area contributed by atoms with E-state index in [2.05, 4.69) is 14.7 Å². The van der Waals surface area contributed by atoms with Gasteiger partial charge >= 0.3 is 6.36 Å². The zero-order chi connectivity index (χ0) is 25.3. The van der Waals surface area contributed by atoms with Gasteiger partial charge in [-0.2, -0.15) is 0 Å². The number of nitrogens with one attached hydrogen (secondary N) is 1.